The maximum atomic E-state index is 4.01. The Morgan fingerprint density at radius 2 is 1.67 bits per heavy atom. The normalized spacial score (nSPS) is 13.7. The minimum absolute atomic E-state index is 0.251. The number of nitrogens with zero attached hydrogens (tertiary/aromatic N) is 1. The lowest BCUT2D eigenvalue weighted by molar-refractivity contribution is 0.588. The third-order valence-electron chi connectivity index (χ3n) is 4.18. The van der Waals surface area contributed by atoms with E-state index in [4.69, 9.17) is 0 Å². The number of aromatic amines is 1. The van der Waals surface area contributed by atoms with Gasteiger partial charge in [0.15, 0.2) is 0 Å². The van der Waals surface area contributed by atoms with Gasteiger partial charge in [0.1, 0.15) is 0 Å². The summed E-state index contributed by atoms with van der Waals surface area (Å²) in [4.78, 5) is 0. The molecule has 3 aromatic rings. The topological polar surface area (TPSA) is 40.7 Å². The average Bonchev–Trinajstić information content (AvgIpc) is 3.05. The van der Waals surface area contributed by atoms with Gasteiger partial charge in [-0.05, 0) is 28.7 Å². The summed E-state index contributed by atoms with van der Waals surface area (Å²) in [6, 6.07) is 17.7. The number of benzene rings is 2. The number of hydrogen-bond donors (Lipinski definition) is 2. The number of fused-ring (bicyclic) bond motifs is 2. The molecule has 2 N–H and O–H groups in total. The maximum Gasteiger partial charge on any atom is 0.0585 e. The van der Waals surface area contributed by atoms with Crippen LogP contribution in [-0.4, -0.2) is 10.2 Å². The molecule has 0 aliphatic heterocycles. The molecule has 1 heterocycles. The molecule has 1 aromatic heterocycles. The van der Waals surface area contributed by atoms with Crippen LogP contribution in [0, 0.1) is 0 Å². The lowest BCUT2D eigenvalue weighted by Gasteiger charge is -2.29. The van der Waals surface area contributed by atoms with Gasteiger partial charge in [0, 0.05) is 18.3 Å². The molecule has 1 aliphatic carbocycles. The summed E-state index contributed by atoms with van der Waals surface area (Å²) in [6.45, 7) is 0.809. The standard InChI is InChI=1S/C18H17N3/c1-3-7-16-14(5-1)9-15-6-2-4-8-17(15)18(16)19-10-13-11-20-21-12-13/h1-8,11-12,18-19H,9-10H2,(H,20,21). The Bertz CT molecular complexity index is 701. The molecule has 0 atom stereocenters. The molecule has 21 heavy (non-hydrogen) atoms. The number of hydrogen-bond acceptors (Lipinski definition) is 2. The maximum absolute atomic E-state index is 4.01. The van der Waals surface area contributed by atoms with Crippen molar-refractivity contribution in [3.63, 3.8) is 0 Å². The molecular weight excluding hydrogens is 258 g/mol. The minimum Gasteiger partial charge on any atom is -0.302 e. The van der Waals surface area contributed by atoms with Crippen LogP contribution < -0.4 is 5.32 Å². The van der Waals surface area contributed by atoms with Crippen LogP contribution in [0.5, 0.6) is 0 Å². The summed E-state index contributed by atoms with van der Waals surface area (Å²) in [5, 5.41) is 10.6. The largest absolute Gasteiger partial charge is 0.302 e. The highest BCUT2D eigenvalue weighted by Gasteiger charge is 2.24. The monoisotopic (exact) mass is 275 g/mol. The molecule has 1 aliphatic rings. The van der Waals surface area contributed by atoms with Gasteiger partial charge in [-0.25, -0.2) is 0 Å². The highest BCUT2D eigenvalue weighted by atomic mass is 15.1. The SMILES string of the molecule is c1ccc2c(c1)Cc1ccccc1C2NCc1cn[nH]c1. The first-order valence-corrected chi connectivity index (χ1v) is 7.28. The molecule has 0 saturated heterocycles. The van der Waals surface area contributed by atoms with Crippen LogP contribution in [-0.2, 0) is 13.0 Å². The van der Waals surface area contributed by atoms with E-state index in [1.165, 1.54) is 27.8 Å². The Hall–Kier alpha value is -2.39. The van der Waals surface area contributed by atoms with E-state index in [9.17, 15) is 0 Å². The molecule has 0 saturated carbocycles. The van der Waals surface area contributed by atoms with E-state index in [2.05, 4.69) is 64.0 Å². The lowest BCUT2D eigenvalue weighted by Crippen LogP contribution is -2.26. The molecule has 3 nitrogen and oxygen atoms in total. The van der Waals surface area contributed by atoms with Gasteiger partial charge in [-0.3, -0.25) is 5.10 Å². The van der Waals surface area contributed by atoms with Crippen molar-refractivity contribution in [3.8, 4) is 0 Å². The van der Waals surface area contributed by atoms with E-state index < -0.39 is 0 Å². The molecule has 3 heteroatoms. The van der Waals surface area contributed by atoms with Crippen molar-refractivity contribution < 1.29 is 0 Å². The second-order valence-corrected chi connectivity index (χ2v) is 5.49. The first kappa shape index (κ1) is 12.4. The Labute approximate surface area is 124 Å². The number of nitrogens with one attached hydrogen (secondary N) is 2. The quantitative estimate of drug-likeness (QED) is 0.770. The van der Waals surface area contributed by atoms with Crippen molar-refractivity contribution in [2.75, 3.05) is 0 Å². The summed E-state index contributed by atoms with van der Waals surface area (Å²) >= 11 is 0. The number of H-pyrrole nitrogens is 1. The van der Waals surface area contributed by atoms with Gasteiger partial charge in [-0.2, -0.15) is 5.10 Å². The predicted octanol–water partition coefficient (Wildman–Crippen LogP) is 3.19. The van der Waals surface area contributed by atoms with E-state index in [1.807, 2.05) is 12.4 Å². The second-order valence-electron chi connectivity index (χ2n) is 5.49. The van der Waals surface area contributed by atoms with E-state index in [1.54, 1.807) is 0 Å². The molecule has 0 unspecified atom stereocenters. The zero-order valence-corrected chi connectivity index (χ0v) is 11.7. The zero-order valence-electron chi connectivity index (χ0n) is 11.7. The van der Waals surface area contributed by atoms with Crippen molar-refractivity contribution in [3.05, 3.63) is 88.7 Å². The Kier molecular flexibility index (Phi) is 3.05. The zero-order chi connectivity index (χ0) is 14.1. The molecule has 2 aromatic carbocycles. The van der Waals surface area contributed by atoms with Gasteiger partial charge in [0.25, 0.3) is 0 Å². The fraction of sp³-hybridized carbons (Fsp3) is 0.167. The smallest absolute Gasteiger partial charge is 0.0585 e. The highest BCUT2D eigenvalue weighted by Crippen LogP contribution is 2.34. The third kappa shape index (κ3) is 2.26. The van der Waals surface area contributed by atoms with Crippen LogP contribution in [0.15, 0.2) is 60.9 Å². The number of rotatable bonds is 3. The minimum atomic E-state index is 0.251. The summed E-state index contributed by atoms with van der Waals surface area (Å²) in [6.07, 6.45) is 4.83. The van der Waals surface area contributed by atoms with Crippen LogP contribution in [0.3, 0.4) is 0 Å². The van der Waals surface area contributed by atoms with Crippen LogP contribution in [0.2, 0.25) is 0 Å². The summed E-state index contributed by atoms with van der Waals surface area (Å²) in [5.41, 5.74) is 6.79. The molecule has 4 rings (SSSR count). The fourth-order valence-corrected chi connectivity index (χ4v) is 3.14. The second kappa shape index (κ2) is 5.19. The van der Waals surface area contributed by atoms with Crippen molar-refractivity contribution >= 4 is 0 Å². The van der Waals surface area contributed by atoms with Gasteiger partial charge in [0.2, 0.25) is 0 Å². The first-order valence-electron chi connectivity index (χ1n) is 7.28. The third-order valence-corrected chi connectivity index (χ3v) is 4.18. The molecule has 0 spiro atoms. The van der Waals surface area contributed by atoms with Crippen LogP contribution >= 0.6 is 0 Å². The number of aromatic nitrogens is 2. The molecule has 0 amide bonds. The molecule has 0 radical (unpaired) electrons. The highest BCUT2D eigenvalue weighted by molar-refractivity contribution is 5.48. The van der Waals surface area contributed by atoms with Crippen LogP contribution in [0.1, 0.15) is 33.9 Å². The Morgan fingerprint density at radius 3 is 2.29 bits per heavy atom. The lowest BCUT2D eigenvalue weighted by atomic mass is 9.82. The van der Waals surface area contributed by atoms with Crippen molar-refractivity contribution in [2.45, 2.75) is 19.0 Å². The van der Waals surface area contributed by atoms with Gasteiger partial charge in [-0.15, -0.1) is 0 Å². The van der Waals surface area contributed by atoms with Gasteiger partial charge < -0.3 is 5.32 Å². The van der Waals surface area contributed by atoms with E-state index in [0.29, 0.717) is 0 Å². The van der Waals surface area contributed by atoms with Gasteiger partial charge in [0.05, 0.1) is 12.2 Å². The summed E-state index contributed by atoms with van der Waals surface area (Å²) in [5.74, 6) is 0. The molecule has 0 fully saturated rings. The molecule has 104 valence electrons. The van der Waals surface area contributed by atoms with Crippen LogP contribution in [0.4, 0.5) is 0 Å². The van der Waals surface area contributed by atoms with Gasteiger partial charge in [-0.1, -0.05) is 48.5 Å². The van der Waals surface area contributed by atoms with E-state index in [0.717, 1.165) is 13.0 Å². The van der Waals surface area contributed by atoms with E-state index >= 15 is 0 Å². The fourth-order valence-electron chi connectivity index (χ4n) is 3.14. The first-order chi connectivity index (χ1) is 10.4. The van der Waals surface area contributed by atoms with Crippen LogP contribution in [0.25, 0.3) is 0 Å². The Balaban J connectivity index is 1.71. The van der Waals surface area contributed by atoms with Crippen molar-refractivity contribution in [2.24, 2.45) is 0 Å². The summed E-state index contributed by atoms with van der Waals surface area (Å²) < 4.78 is 0. The van der Waals surface area contributed by atoms with Crippen molar-refractivity contribution in [1.82, 2.24) is 15.5 Å². The Morgan fingerprint density at radius 1 is 1.00 bits per heavy atom. The van der Waals surface area contributed by atoms with E-state index in [-0.39, 0.29) is 6.04 Å². The molecule has 0 bridgehead atoms. The predicted molar refractivity (Wildman–Crippen MR) is 83.0 cm³/mol. The van der Waals surface area contributed by atoms with Gasteiger partial charge >= 0.3 is 0 Å². The summed E-state index contributed by atoms with van der Waals surface area (Å²) in [7, 11) is 0. The van der Waals surface area contributed by atoms with Crippen molar-refractivity contribution in [1.29, 1.82) is 0 Å². The average molecular weight is 275 g/mol. The molecular formula is C18H17N3.